The Labute approximate surface area is 112 Å². The lowest BCUT2D eigenvalue weighted by molar-refractivity contribution is 0.0950. The number of rotatable bonds is 4. The Hall–Kier alpha value is -2.30. The van der Waals surface area contributed by atoms with Gasteiger partial charge in [0.1, 0.15) is 0 Å². The van der Waals surface area contributed by atoms with Crippen LogP contribution in [0.4, 0.5) is 5.69 Å². The van der Waals surface area contributed by atoms with E-state index in [4.69, 9.17) is 0 Å². The van der Waals surface area contributed by atoms with E-state index in [1.807, 2.05) is 45.3 Å². The van der Waals surface area contributed by atoms with Crippen LogP contribution < -0.4 is 10.6 Å². The molecule has 2 rings (SSSR count). The number of carbonyl (C=O) groups is 1. The topological polar surface area (TPSA) is 59.0 Å². The quantitative estimate of drug-likeness (QED) is 0.877. The third-order valence-corrected chi connectivity index (χ3v) is 3.11. The smallest absolute Gasteiger partial charge is 0.251 e. The van der Waals surface area contributed by atoms with Gasteiger partial charge >= 0.3 is 0 Å². The fraction of sp³-hybridized carbons (Fsp3) is 0.286. The lowest BCUT2D eigenvalue weighted by Gasteiger charge is -2.09. The van der Waals surface area contributed by atoms with Gasteiger partial charge in [-0.2, -0.15) is 5.10 Å². The SMILES string of the molecule is CNc1ccc(C(=O)NCc2ccnn2C)cc1C. The van der Waals surface area contributed by atoms with Gasteiger partial charge < -0.3 is 10.6 Å². The number of nitrogens with one attached hydrogen (secondary N) is 2. The second kappa shape index (κ2) is 5.56. The molecule has 5 nitrogen and oxygen atoms in total. The minimum Gasteiger partial charge on any atom is -0.388 e. The number of carbonyl (C=O) groups excluding carboxylic acids is 1. The van der Waals surface area contributed by atoms with E-state index in [1.165, 1.54) is 0 Å². The van der Waals surface area contributed by atoms with Gasteiger partial charge in [-0.25, -0.2) is 0 Å². The van der Waals surface area contributed by atoms with Crippen molar-refractivity contribution in [1.82, 2.24) is 15.1 Å². The van der Waals surface area contributed by atoms with Crippen LogP contribution in [0.3, 0.4) is 0 Å². The first-order chi connectivity index (χ1) is 9.11. The normalized spacial score (nSPS) is 10.3. The summed E-state index contributed by atoms with van der Waals surface area (Å²) in [5.41, 5.74) is 3.72. The van der Waals surface area contributed by atoms with Gasteiger partial charge in [0.15, 0.2) is 0 Å². The van der Waals surface area contributed by atoms with Crippen LogP contribution >= 0.6 is 0 Å². The predicted molar refractivity (Wildman–Crippen MR) is 75.1 cm³/mol. The number of amides is 1. The summed E-state index contributed by atoms with van der Waals surface area (Å²) in [5, 5.41) is 10.0. The van der Waals surface area contributed by atoms with Crippen molar-refractivity contribution in [2.45, 2.75) is 13.5 Å². The van der Waals surface area contributed by atoms with Crippen LogP contribution in [-0.4, -0.2) is 22.7 Å². The van der Waals surface area contributed by atoms with Crippen molar-refractivity contribution in [1.29, 1.82) is 0 Å². The van der Waals surface area contributed by atoms with Crippen molar-refractivity contribution in [2.75, 3.05) is 12.4 Å². The Bertz CT molecular complexity index is 589. The molecule has 0 atom stereocenters. The van der Waals surface area contributed by atoms with Crippen LogP contribution in [0, 0.1) is 6.92 Å². The summed E-state index contributed by atoms with van der Waals surface area (Å²) in [4.78, 5) is 12.0. The molecule has 0 fully saturated rings. The van der Waals surface area contributed by atoms with E-state index in [0.717, 1.165) is 16.9 Å². The average Bonchev–Trinajstić information content (AvgIpc) is 2.81. The van der Waals surface area contributed by atoms with E-state index in [1.54, 1.807) is 10.9 Å². The molecule has 1 aromatic heterocycles. The summed E-state index contributed by atoms with van der Waals surface area (Å²) in [5.74, 6) is -0.0769. The number of hydrogen-bond donors (Lipinski definition) is 2. The fourth-order valence-electron chi connectivity index (χ4n) is 1.93. The van der Waals surface area contributed by atoms with Gasteiger partial charge in [-0.1, -0.05) is 0 Å². The zero-order valence-electron chi connectivity index (χ0n) is 11.4. The Balaban J connectivity index is 2.04. The number of benzene rings is 1. The van der Waals surface area contributed by atoms with Gasteiger partial charge in [-0.3, -0.25) is 9.48 Å². The van der Waals surface area contributed by atoms with Gasteiger partial charge in [0.2, 0.25) is 0 Å². The van der Waals surface area contributed by atoms with Crippen molar-refractivity contribution < 1.29 is 4.79 Å². The molecule has 1 amide bonds. The highest BCUT2D eigenvalue weighted by Gasteiger charge is 2.08. The molecule has 0 aliphatic heterocycles. The van der Waals surface area contributed by atoms with Gasteiger partial charge in [0.25, 0.3) is 5.91 Å². The van der Waals surface area contributed by atoms with Crippen molar-refractivity contribution in [3.63, 3.8) is 0 Å². The Morgan fingerprint density at radius 1 is 1.37 bits per heavy atom. The second-order valence-electron chi connectivity index (χ2n) is 4.41. The van der Waals surface area contributed by atoms with Gasteiger partial charge in [0.05, 0.1) is 12.2 Å². The molecular formula is C14H18N4O. The van der Waals surface area contributed by atoms with E-state index in [0.29, 0.717) is 12.1 Å². The van der Waals surface area contributed by atoms with Crippen molar-refractivity contribution in [3.8, 4) is 0 Å². The molecule has 5 heteroatoms. The lowest BCUT2D eigenvalue weighted by Crippen LogP contribution is -2.24. The van der Waals surface area contributed by atoms with E-state index >= 15 is 0 Å². The van der Waals surface area contributed by atoms with Crippen LogP contribution in [-0.2, 0) is 13.6 Å². The highest BCUT2D eigenvalue weighted by molar-refractivity contribution is 5.94. The average molecular weight is 258 g/mol. The zero-order valence-corrected chi connectivity index (χ0v) is 11.4. The molecule has 1 aromatic carbocycles. The number of anilines is 1. The van der Waals surface area contributed by atoms with Crippen LogP contribution in [0.1, 0.15) is 21.6 Å². The molecule has 0 bridgehead atoms. The molecule has 0 radical (unpaired) electrons. The minimum atomic E-state index is -0.0769. The Morgan fingerprint density at radius 3 is 2.74 bits per heavy atom. The predicted octanol–water partition coefficient (Wildman–Crippen LogP) is 1.70. The molecule has 0 aliphatic carbocycles. The van der Waals surface area contributed by atoms with Crippen molar-refractivity contribution in [3.05, 3.63) is 47.3 Å². The van der Waals surface area contributed by atoms with E-state index in [9.17, 15) is 4.79 Å². The first-order valence-electron chi connectivity index (χ1n) is 6.15. The van der Waals surface area contributed by atoms with E-state index < -0.39 is 0 Å². The second-order valence-corrected chi connectivity index (χ2v) is 4.41. The molecule has 100 valence electrons. The van der Waals surface area contributed by atoms with Crippen LogP contribution in [0.25, 0.3) is 0 Å². The third-order valence-electron chi connectivity index (χ3n) is 3.11. The summed E-state index contributed by atoms with van der Waals surface area (Å²) in [6.07, 6.45) is 1.72. The highest BCUT2D eigenvalue weighted by Crippen LogP contribution is 2.15. The van der Waals surface area contributed by atoms with Gasteiger partial charge in [-0.15, -0.1) is 0 Å². The summed E-state index contributed by atoms with van der Waals surface area (Å²) in [6.45, 7) is 2.45. The van der Waals surface area contributed by atoms with E-state index in [2.05, 4.69) is 15.7 Å². The summed E-state index contributed by atoms with van der Waals surface area (Å²) >= 11 is 0. The summed E-state index contributed by atoms with van der Waals surface area (Å²) < 4.78 is 1.75. The van der Waals surface area contributed by atoms with E-state index in [-0.39, 0.29) is 5.91 Å². The molecular weight excluding hydrogens is 240 g/mol. The maximum Gasteiger partial charge on any atom is 0.251 e. The highest BCUT2D eigenvalue weighted by atomic mass is 16.1. The minimum absolute atomic E-state index is 0.0769. The Morgan fingerprint density at radius 2 is 2.16 bits per heavy atom. The summed E-state index contributed by atoms with van der Waals surface area (Å²) in [7, 11) is 3.72. The van der Waals surface area contributed by atoms with Crippen LogP contribution in [0.5, 0.6) is 0 Å². The molecule has 2 aromatic rings. The Kier molecular flexibility index (Phi) is 3.85. The van der Waals surface area contributed by atoms with Gasteiger partial charge in [0, 0.05) is 31.5 Å². The standard InChI is InChI=1S/C14H18N4O/c1-10-8-11(4-5-13(10)15-2)14(19)16-9-12-6-7-17-18(12)3/h4-8,15H,9H2,1-3H3,(H,16,19). The number of aryl methyl sites for hydroxylation is 2. The van der Waals surface area contributed by atoms with Crippen LogP contribution in [0.2, 0.25) is 0 Å². The largest absolute Gasteiger partial charge is 0.388 e. The number of nitrogens with zero attached hydrogens (tertiary/aromatic N) is 2. The number of aromatic nitrogens is 2. The first-order valence-corrected chi connectivity index (χ1v) is 6.15. The summed E-state index contributed by atoms with van der Waals surface area (Å²) in [6, 6.07) is 7.49. The van der Waals surface area contributed by atoms with Crippen molar-refractivity contribution >= 4 is 11.6 Å². The molecule has 0 aliphatic rings. The maximum atomic E-state index is 12.0. The van der Waals surface area contributed by atoms with Crippen LogP contribution in [0.15, 0.2) is 30.5 Å². The molecule has 0 spiro atoms. The molecule has 0 saturated carbocycles. The van der Waals surface area contributed by atoms with Gasteiger partial charge in [-0.05, 0) is 36.8 Å². The maximum absolute atomic E-state index is 12.0. The fourth-order valence-corrected chi connectivity index (χ4v) is 1.93. The molecule has 1 heterocycles. The molecule has 19 heavy (non-hydrogen) atoms. The molecule has 0 saturated heterocycles. The monoisotopic (exact) mass is 258 g/mol. The molecule has 0 unspecified atom stereocenters. The third kappa shape index (κ3) is 2.93. The lowest BCUT2D eigenvalue weighted by atomic mass is 10.1. The zero-order chi connectivity index (χ0) is 13.8. The first kappa shape index (κ1) is 13.1. The number of hydrogen-bond acceptors (Lipinski definition) is 3. The van der Waals surface area contributed by atoms with Crippen molar-refractivity contribution in [2.24, 2.45) is 7.05 Å². The molecule has 2 N–H and O–H groups in total.